The second-order valence-electron chi connectivity index (χ2n) is 11.3. The minimum absolute atomic E-state index is 0.0857. The number of rotatable bonds is 4. The Hall–Kier alpha value is -2.81. The number of ether oxygens (including phenoxy) is 1. The molecule has 0 saturated carbocycles. The molecule has 2 aliphatic rings. The molecule has 1 aromatic carbocycles. The lowest BCUT2D eigenvalue weighted by atomic mass is 9.78. The largest absolute Gasteiger partial charge is 0.530 e. The molecule has 1 fully saturated rings. The van der Waals surface area contributed by atoms with E-state index in [-0.39, 0.29) is 15.9 Å². The van der Waals surface area contributed by atoms with E-state index in [1.54, 1.807) is 52.6 Å². The topological polar surface area (TPSA) is 129 Å². The first-order chi connectivity index (χ1) is 19.0. The number of aliphatic hydroxyl groups excluding tert-OH is 1. The van der Waals surface area contributed by atoms with Crippen LogP contribution >= 0.6 is 7.82 Å². The van der Waals surface area contributed by atoms with Crippen molar-refractivity contribution in [2.45, 2.75) is 83.6 Å². The van der Waals surface area contributed by atoms with Crippen LogP contribution in [-0.2, 0) is 35.8 Å². The fourth-order valence-electron chi connectivity index (χ4n) is 4.11. The van der Waals surface area contributed by atoms with Crippen LogP contribution in [0.5, 0.6) is 5.75 Å². The molecule has 0 aliphatic carbocycles. The SMILES string of the molecule is [2H]C([2H])(OP1(=O)OCc2c(F)c(C(C)(C)C)cc(C(C)(C)C)c2O1)[C@]1(F)C[C@@H](O)[C@]([2H])(n2cc(C#C)c(=O)[nH]c2=O)O1. The molecule has 2 aliphatic heterocycles. The number of phosphoric acid groups is 1. The molecule has 3 heterocycles. The Balaban J connectivity index is 1.71. The van der Waals surface area contributed by atoms with E-state index >= 15 is 8.78 Å². The normalized spacial score (nSPS) is 30.5. The van der Waals surface area contributed by atoms with Gasteiger partial charge in [0.25, 0.3) is 5.56 Å². The summed E-state index contributed by atoms with van der Waals surface area (Å²) in [6, 6.07) is 1.55. The zero-order chi connectivity index (χ0) is 31.8. The number of terminal acetylenes is 1. The maximum atomic E-state index is 16.1. The van der Waals surface area contributed by atoms with E-state index in [4.69, 9.17) is 28.8 Å². The molecule has 0 radical (unpaired) electrons. The number of aromatic nitrogens is 2. The third kappa shape index (κ3) is 5.60. The number of phosphoric ester groups is 1. The van der Waals surface area contributed by atoms with Crippen molar-refractivity contribution in [3.05, 3.63) is 61.2 Å². The summed E-state index contributed by atoms with van der Waals surface area (Å²) in [6.07, 6.45) is -0.682. The van der Waals surface area contributed by atoms with Gasteiger partial charge in [0.05, 0.1) is 16.3 Å². The zero-order valence-corrected chi connectivity index (χ0v) is 23.1. The van der Waals surface area contributed by atoms with E-state index in [1.807, 2.05) is 5.92 Å². The van der Waals surface area contributed by atoms with Gasteiger partial charge in [0, 0.05) is 18.2 Å². The fourth-order valence-corrected chi connectivity index (χ4v) is 5.22. The lowest BCUT2D eigenvalue weighted by Crippen LogP contribution is -2.37. The highest BCUT2D eigenvalue weighted by Gasteiger charge is 2.51. The molecule has 1 aromatic heterocycles. The number of halogens is 2. The van der Waals surface area contributed by atoms with Gasteiger partial charge in [-0.25, -0.2) is 18.1 Å². The monoisotopic (exact) mass is 571 g/mol. The summed E-state index contributed by atoms with van der Waals surface area (Å²) < 4.78 is 91.1. The van der Waals surface area contributed by atoms with Gasteiger partial charge in [0.2, 0.25) is 5.85 Å². The molecule has 0 amide bonds. The minimum atomic E-state index is -5.04. The number of H-pyrrole nitrogens is 1. The van der Waals surface area contributed by atoms with Gasteiger partial charge in [-0.05, 0) is 22.5 Å². The molecule has 0 spiro atoms. The summed E-state index contributed by atoms with van der Waals surface area (Å²) >= 11 is 0. The Morgan fingerprint density at radius 2 is 1.97 bits per heavy atom. The fraction of sp³-hybridized carbons (Fsp3) is 0.538. The highest BCUT2D eigenvalue weighted by Crippen LogP contribution is 2.58. The van der Waals surface area contributed by atoms with Crippen LogP contribution in [0.1, 0.15) is 80.5 Å². The Kier molecular flexibility index (Phi) is 6.25. The molecular formula is C26H31F2N2O8P. The van der Waals surface area contributed by atoms with Crippen molar-refractivity contribution in [1.29, 1.82) is 0 Å². The number of benzene rings is 1. The predicted octanol–water partition coefficient (Wildman–Crippen LogP) is 3.93. The van der Waals surface area contributed by atoms with Crippen molar-refractivity contribution >= 4 is 7.82 Å². The maximum absolute atomic E-state index is 16.1. The summed E-state index contributed by atoms with van der Waals surface area (Å²) in [6.45, 7) is 6.36. The number of aliphatic hydroxyl groups is 1. The Morgan fingerprint density at radius 3 is 2.56 bits per heavy atom. The van der Waals surface area contributed by atoms with Crippen LogP contribution in [0.25, 0.3) is 0 Å². The van der Waals surface area contributed by atoms with E-state index < -0.39 is 79.0 Å². The van der Waals surface area contributed by atoms with E-state index in [0.717, 1.165) is 0 Å². The second-order valence-corrected chi connectivity index (χ2v) is 12.8. The van der Waals surface area contributed by atoms with Gasteiger partial charge >= 0.3 is 13.5 Å². The number of fused-ring (bicyclic) bond motifs is 1. The van der Waals surface area contributed by atoms with E-state index in [9.17, 15) is 19.3 Å². The Bertz CT molecular complexity index is 1660. The van der Waals surface area contributed by atoms with Gasteiger partial charge in [-0.1, -0.05) is 47.5 Å². The van der Waals surface area contributed by atoms with Crippen molar-refractivity contribution in [3.63, 3.8) is 0 Å². The van der Waals surface area contributed by atoms with Crippen LogP contribution in [0.2, 0.25) is 0 Å². The summed E-state index contributed by atoms with van der Waals surface area (Å²) in [5.41, 5.74) is -3.43. The van der Waals surface area contributed by atoms with Crippen molar-refractivity contribution < 1.29 is 40.9 Å². The van der Waals surface area contributed by atoms with E-state index in [2.05, 4.69) is 0 Å². The van der Waals surface area contributed by atoms with E-state index in [0.29, 0.717) is 17.3 Å². The number of hydrogen-bond donors (Lipinski definition) is 2. The van der Waals surface area contributed by atoms with Crippen molar-refractivity contribution in [2.24, 2.45) is 0 Å². The predicted molar refractivity (Wildman–Crippen MR) is 137 cm³/mol. The summed E-state index contributed by atoms with van der Waals surface area (Å²) in [4.78, 5) is 26.0. The van der Waals surface area contributed by atoms with Crippen molar-refractivity contribution in [2.75, 3.05) is 6.56 Å². The van der Waals surface area contributed by atoms with Crippen LogP contribution in [0.3, 0.4) is 0 Å². The lowest BCUT2D eigenvalue weighted by molar-refractivity contribution is -0.179. The van der Waals surface area contributed by atoms with E-state index in [1.165, 1.54) is 0 Å². The molecule has 4 atom stereocenters. The summed E-state index contributed by atoms with van der Waals surface area (Å²) in [5.74, 6) is -2.66. The molecule has 0 bridgehead atoms. The zero-order valence-electron chi connectivity index (χ0n) is 25.2. The van der Waals surface area contributed by atoms with Gasteiger partial charge in [0.15, 0.2) is 6.20 Å². The molecule has 4 rings (SSSR count). The Labute approximate surface area is 228 Å². The number of aromatic amines is 1. The van der Waals surface area contributed by atoms with Gasteiger partial charge in [0.1, 0.15) is 29.8 Å². The number of nitrogens with zero attached hydrogens (tertiary/aromatic N) is 1. The molecule has 2 aromatic rings. The molecule has 39 heavy (non-hydrogen) atoms. The quantitative estimate of drug-likeness (QED) is 0.417. The summed E-state index contributed by atoms with van der Waals surface area (Å²) in [7, 11) is -5.04. The molecule has 2 N–H and O–H groups in total. The maximum Gasteiger partial charge on any atom is 0.530 e. The first-order valence-electron chi connectivity index (χ1n) is 13.4. The highest BCUT2D eigenvalue weighted by atomic mass is 31.2. The van der Waals surface area contributed by atoms with Crippen molar-refractivity contribution in [1.82, 2.24) is 9.55 Å². The van der Waals surface area contributed by atoms with Gasteiger partial charge in [-0.3, -0.25) is 23.4 Å². The lowest BCUT2D eigenvalue weighted by Gasteiger charge is -2.34. The average Bonchev–Trinajstić information content (AvgIpc) is 3.07. The Morgan fingerprint density at radius 1 is 1.33 bits per heavy atom. The number of alkyl halides is 1. The van der Waals surface area contributed by atoms with Gasteiger partial charge < -0.3 is 14.4 Å². The van der Waals surface area contributed by atoms with Crippen LogP contribution in [0, 0.1) is 18.2 Å². The van der Waals surface area contributed by atoms with Crippen LogP contribution in [0.4, 0.5) is 8.78 Å². The second kappa shape index (κ2) is 9.68. The van der Waals surface area contributed by atoms with Gasteiger partial charge in [-0.15, -0.1) is 6.42 Å². The summed E-state index contributed by atoms with van der Waals surface area (Å²) in [5, 5.41) is 10.6. The molecule has 13 heteroatoms. The number of nitrogens with one attached hydrogen (secondary N) is 1. The minimum Gasteiger partial charge on any atom is -0.403 e. The molecular weight excluding hydrogens is 537 g/mol. The molecule has 1 unspecified atom stereocenters. The first-order valence-corrected chi connectivity index (χ1v) is 13.4. The van der Waals surface area contributed by atoms with Crippen LogP contribution in [-0.4, -0.2) is 33.2 Å². The van der Waals surface area contributed by atoms with Gasteiger partial charge in [-0.2, -0.15) is 0 Å². The molecule has 1 saturated heterocycles. The highest BCUT2D eigenvalue weighted by molar-refractivity contribution is 7.49. The third-order valence-corrected chi connectivity index (χ3v) is 7.31. The van der Waals surface area contributed by atoms with Crippen LogP contribution < -0.4 is 15.8 Å². The van der Waals surface area contributed by atoms with Crippen molar-refractivity contribution in [3.8, 4) is 18.1 Å². The number of hydrogen-bond acceptors (Lipinski definition) is 8. The molecule has 10 nitrogen and oxygen atoms in total. The van der Waals surface area contributed by atoms with Crippen LogP contribution in [0.15, 0.2) is 21.9 Å². The smallest absolute Gasteiger partial charge is 0.403 e. The standard InChI is InChI=1S/C26H31F2N2O8P/c1-8-14-11-30(23(33)29-21(14)32)22-18(31)10-26(28,37-22)13-36-39(34)35-12-15-19(27)16(24(2,3)4)9-17(20(15)38-39)25(5,6)7/h1,9,11,18,22,31H,10,12-13H2,2-7H3,(H,29,32,33)/t18-,22-,26+,39?/m1/s1/i13D2,22D. The third-order valence-electron chi connectivity index (χ3n) is 6.15. The first kappa shape index (κ1) is 25.2. The molecule has 212 valence electrons. The average molecular weight is 572 g/mol.